The molecule has 8 nitrogen and oxygen atoms in total. The molecule has 0 radical (unpaired) electrons. The van der Waals surface area contributed by atoms with Crippen molar-refractivity contribution in [3.63, 3.8) is 0 Å². The van der Waals surface area contributed by atoms with Gasteiger partial charge in [0, 0.05) is 16.8 Å². The Morgan fingerprint density at radius 1 is 0.906 bits per heavy atom. The number of hydrogen-bond donors (Lipinski definition) is 3. The van der Waals surface area contributed by atoms with Crippen LogP contribution in [0.3, 0.4) is 0 Å². The lowest BCUT2D eigenvalue weighted by atomic mass is 10.1. The molecule has 2 aromatic rings. The smallest absolute Gasteiger partial charge is 0.408 e. The lowest BCUT2D eigenvalue weighted by Gasteiger charge is -2.21. The van der Waals surface area contributed by atoms with E-state index < -0.39 is 33.2 Å². The fourth-order valence-corrected chi connectivity index (χ4v) is 4.45. The van der Waals surface area contributed by atoms with E-state index in [0.717, 1.165) is 0 Å². The van der Waals surface area contributed by atoms with Crippen molar-refractivity contribution < 1.29 is 22.7 Å². The Labute approximate surface area is 189 Å². The van der Waals surface area contributed by atoms with E-state index in [4.69, 9.17) is 4.74 Å². The van der Waals surface area contributed by atoms with Gasteiger partial charge in [-0.1, -0.05) is 30.3 Å². The highest BCUT2D eigenvalue weighted by Crippen LogP contribution is 2.29. The van der Waals surface area contributed by atoms with Crippen molar-refractivity contribution in [3.8, 4) is 11.1 Å². The summed E-state index contributed by atoms with van der Waals surface area (Å²) in [5.41, 5.74) is 0.479. The quantitative estimate of drug-likeness (QED) is 0.604. The van der Waals surface area contributed by atoms with Gasteiger partial charge in [0.2, 0.25) is 15.9 Å². The predicted molar refractivity (Wildman–Crippen MR) is 125 cm³/mol. The third-order valence-corrected chi connectivity index (χ3v) is 5.71. The van der Waals surface area contributed by atoms with Crippen LogP contribution in [-0.4, -0.2) is 38.1 Å². The Bertz CT molecular complexity index is 1070. The highest BCUT2D eigenvalue weighted by atomic mass is 32.2. The second-order valence-corrected chi connectivity index (χ2v) is 11.0. The van der Waals surface area contributed by atoms with Gasteiger partial charge in [0.05, 0.1) is 4.90 Å². The van der Waals surface area contributed by atoms with Gasteiger partial charge in [0.25, 0.3) is 0 Å². The van der Waals surface area contributed by atoms with Crippen molar-refractivity contribution in [1.82, 2.24) is 10.0 Å². The molecule has 0 unspecified atom stereocenters. The minimum absolute atomic E-state index is 0.174. The largest absolute Gasteiger partial charge is 0.444 e. The Hall–Kier alpha value is -2.91. The van der Waals surface area contributed by atoms with Crippen LogP contribution in [0, 0.1) is 0 Å². The van der Waals surface area contributed by atoms with Crippen LogP contribution in [0.2, 0.25) is 0 Å². The third-order valence-electron chi connectivity index (χ3n) is 3.89. The summed E-state index contributed by atoms with van der Waals surface area (Å²) in [7, 11) is -3.73. The van der Waals surface area contributed by atoms with Crippen molar-refractivity contribution in [2.45, 2.75) is 57.6 Å². The number of benzene rings is 2. The summed E-state index contributed by atoms with van der Waals surface area (Å²) in [6.45, 7) is 10.3. The molecule has 0 aliphatic rings. The predicted octanol–water partition coefficient (Wildman–Crippen LogP) is 3.89. The van der Waals surface area contributed by atoms with Crippen molar-refractivity contribution in [3.05, 3.63) is 48.5 Å². The Morgan fingerprint density at radius 2 is 1.50 bits per heavy atom. The summed E-state index contributed by atoms with van der Waals surface area (Å²) in [6.07, 6.45) is -0.676. The first-order valence-electron chi connectivity index (χ1n) is 10.2. The number of nitrogens with one attached hydrogen (secondary N) is 3. The standard InChI is InChI=1S/C23H31N3O5S/c1-22(2,3)26-32(29,30)19-10-8-7-9-18(19)16-11-13-17(14-12-16)25-20(27)15-24-21(28)31-23(4,5)6/h7-14,26H,15H2,1-6H3,(H,24,28)(H,25,27). The lowest BCUT2D eigenvalue weighted by molar-refractivity contribution is -0.115. The fraction of sp³-hybridized carbons (Fsp3) is 0.391. The number of sulfonamides is 1. The molecule has 0 aliphatic heterocycles. The van der Waals surface area contributed by atoms with E-state index in [9.17, 15) is 18.0 Å². The van der Waals surface area contributed by atoms with Gasteiger partial charge in [-0.2, -0.15) is 0 Å². The molecular formula is C23H31N3O5S. The summed E-state index contributed by atoms with van der Waals surface area (Å²) in [5.74, 6) is -0.416. The number of amides is 2. The van der Waals surface area contributed by atoms with Gasteiger partial charge >= 0.3 is 6.09 Å². The average Bonchev–Trinajstić information content (AvgIpc) is 2.64. The van der Waals surface area contributed by atoms with Crippen LogP contribution in [0.5, 0.6) is 0 Å². The highest BCUT2D eigenvalue weighted by molar-refractivity contribution is 7.89. The molecule has 174 valence electrons. The molecule has 2 amide bonds. The van der Waals surface area contributed by atoms with Crippen molar-refractivity contribution in [2.75, 3.05) is 11.9 Å². The van der Waals surface area contributed by atoms with E-state index in [2.05, 4.69) is 15.4 Å². The zero-order chi connectivity index (χ0) is 24.2. The topological polar surface area (TPSA) is 114 Å². The first-order valence-corrected chi connectivity index (χ1v) is 11.6. The van der Waals surface area contributed by atoms with E-state index >= 15 is 0 Å². The van der Waals surface area contributed by atoms with Gasteiger partial charge in [-0.05, 0) is 65.3 Å². The number of ether oxygens (including phenoxy) is 1. The molecule has 9 heteroatoms. The molecule has 0 spiro atoms. The summed E-state index contributed by atoms with van der Waals surface area (Å²) in [4.78, 5) is 23.9. The van der Waals surface area contributed by atoms with Crippen molar-refractivity contribution >= 4 is 27.7 Å². The zero-order valence-electron chi connectivity index (χ0n) is 19.3. The molecular weight excluding hydrogens is 430 g/mol. The Morgan fingerprint density at radius 3 is 2.06 bits per heavy atom. The first kappa shape index (κ1) is 25.4. The molecule has 0 fully saturated rings. The van der Waals surface area contributed by atoms with E-state index in [1.165, 1.54) is 0 Å². The number of rotatable bonds is 6. The van der Waals surface area contributed by atoms with Gasteiger partial charge in [0.1, 0.15) is 12.1 Å². The van der Waals surface area contributed by atoms with E-state index in [0.29, 0.717) is 16.8 Å². The van der Waals surface area contributed by atoms with Crippen molar-refractivity contribution in [1.29, 1.82) is 0 Å². The van der Waals surface area contributed by atoms with E-state index in [1.54, 1.807) is 90.1 Å². The zero-order valence-corrected chi connectivity index (χ0v) is 20.1. The molecule has 3 N–H and O–H groups in total. The molecule has 0 saturated heterocycles. The lowest BCUT2D eigenvalue weighted by Crippen LogP contribution is -2.40. The summed E-state index contributed by atoms with van der Waals surface area (Å²) in [5, 5.41) is 5.07. The maximum absolute atomic E-state index is 12.9. The van der Waals surface area contributed by atoms with Gasteiger partial charge in [0.15, 0.2) is 0 Å². The van der Waals surface area contributed by atoms with Crippen molar-refractivity contribution in [2.24, 2.45) is 0 Å². The van der Waals surface area contributed by atoms with Crippen LogP contribution in [0.25, 0.3) is 11.1 Å². The number of alkyl carbamates (subject to hydrolysis) is 1. The second kappa shape index (κ2) is 9.70. The van der Waals surface area contributed by atoms with Gasteiger partial charge < -0.3 is 15.4 Å². The number of carbonyl (C=O) groups excluding carboxylic acids is 2. The highest BCUT2D eigenvalue weighted by Gasteiger charge is 2.24. The maximum Gasteiger partial charge on any atom is 0.408 e. The molecule has 2 rings (SSSR count). The molecule has 32 heavy (non-hydrogen) atoms. The van der Waals surface area contributed by atoms with Crippen LogP contribution < -0.4 is 15.4 Å². The fourth-order valence-electron chi connectivity index (χ4n) is 2.80. The van der Waals surface area contributed by atoms with Gasteiger partial charge in [-0.3, -0.25) is 4.79 Å². The molecule has 0 aliphatic carbocycles. The molecule has 0 heterocycles. The third kappa shape index (κ3) is 7.97. The minimum Gasteiger partial charge on any atom is -0.444 e. The van der Waals surface area contributed by atoms with Crippen LogP contribution in [-0.2, 0) is 19.6 Å². The van der Waals surface area contributed by atoms with Gasteiger partial charge in [-0.25, -0.2) is 17.9 Å². The Balaban J connectivity index is 2.11. The SMILES string of the molecule is CC(C)(C)NS(=O)(=O)c1ccccc1-c1ccc(NC(=O)CNC(=O)OC(C)(C)C)cc1. The van der Waals surface area contributed by atoms with Crippen LogP contribution in [0.4, 0.5) is 10.5 Å². The van der Waals surface area contributed by atoms with E-state index in [1.807, 2.05) is 0 Å². The molecule has 0 atom stereocenters. The Kier molecular flexibility index (Phi) is 7.69. The first-order chi connectivity index (χ1) is 14.7. The monoisotopic (exact) mass is 461 g/mol. The molecule has 0 bridgehead atoms. The normalized spacial score (nSPS) is 12.2. The van der Waals surface area contributed by atoms with Gasteiger partial charge in [-0.15, -0.1) is 0 Å². The van der Waals surface area contributed by atoms with Crippen LogP contribution in [0.15, 0.2) is 53.4 Å². The maximum atomic E-state index is 12.9. The van der Waals surface area contributed by atoms with Crippen LogP contribution >= 0.6 is 0 Å². The average molecular weight is 462 g/mol. The summed E-state index contributed by atoms with van der Waals surface area (Å²) in [6, 6.07) is 13.5. The van der Waals surface area contributed by atoms with E-state index in [-0.39, 0.29) is 11.4 Å². The summed E-state index contributed by atoms with van der Waals surface area (Å²) >= 11 is 0. The second-order valence-electron chi connectivity index (χ2n) is 9.33. The summed E-state index contributed by atoms with van der Waals surface area (Å²) < 4.78 is 33.5. The minimum atomic E-state index is -3.73. The number of anilines is 1. The van der Waals surface area contributed by atoms with Crippen LogP contribution in [0.1, 0.15) is 41.5 Å². The molecule has 0 aromatic heterocycles. The molecule has 2 aromatic carbocycles. The number of hydrogen-bond acceptors (Lipinski definition) is 5. The molecule has 0 saturated carbocycles. The number of carbonyl (C=O) groups is 2.